The van der Waals surface area contributed by atoms with Crippen LogP contribution in [0.1, 0.15) is 63.8 Å². The van der Waals surface area contributed by atoms with Crippen molar-refractivity contribution in [3.63, 3.8) is 0 Å². The number of piperidine rings is 1. The van der Waals surface area contributed by atoms with Crippen LogP contribution in [0.2, 0.25) is 0 Å². The van der Waals surface area contributed by atoms with E-state index in [1.165, 1.54) is 6.92 Å². The molecule has 1 unspecified atom stereocenters. The molecule has 2 aromatic carbocycles. The van der Waals surface area contributed by atoms with Gasteiger partial charge in [0.2, 0.25) is 0 Å². The van der Waals surface area contributed by atoms with E-state index in [1.54, 1.807) is 29.7 Å². The van der Waals surface area contributed by atoms with Gasteiger partial charge < -0.3 is 36.2 Å². The molecule has 3 aromatic rings. The normalized spacial score (nSPS) is 20.0. The number of ether oxygens (including phenoxy) is 2. The second-order valence-corrected chi connectivity index (χ2v) is 12.0. The van der Waals surface area contributed by atoms with E-state index in [-0.39, 0.29) is 55.1 Å². The Kier molecular flexibility index (Phi) is 12.5. The first-order valence-electron chi connectivity index (χ1n) is 15.2. The molecule has 5 rings (SSSR count). The monoisotopic (exact) mass is 691 g/mol. The molecule has 0 amide bonds. The number of likely N-dealkylation sites (tertiary alicyclic amines) is 1. The molecule has 1 aliphatic carbocycles. The third kappa shape index (κ3) is 7.91. The van der Waals surface area contributed by atoms with Crippen LogP contribution in [0, 0.1) is 17.2 Å². The van der Waals surface area contributed by atoms with Crippen molar-refractivity contribution in [1.29, 1.82) is 5.41 Å². The largest absolute Gasteiger partial charge is 0.490 e. The molecule has 13 nitrogen and oxygen atoms in total. The Bertz CT molecular complexity index is 1600. The third-order valence-corrected chi connectivity index (χ3v) is 9.17. The predicted octanol–water partition coefficient (Wildman–Crippen LogP) is 4.49. The van der Waals surface area contributed by atoms with Crippen LogP contribution in [-0.4, -0.2) is 67.4 Å². The first-order valence-corrected chi connectivity index (χ1v) is 15.2. The van der Waals surface area contributed by atoms with Crippen molar-refractivity contribution in [2.24, 2.45) is 28.5 Å². The van der Waals surface area contributed by atoms with Crippen molar-refractivity contribution >= 4 is 59.3 Å². The molecular weight excluding hydrogens is 649 g/mol. The number of carboxylic acids is 1. The fourth-order valence-electron chi connectivity index (χ4n) is 6.53. The van der Waals surface area contributed by atoms with Crippen molar-refractivity contribution in [2.75, 3.05) is 13.1 Å². The summed E-state index contributed by atoms with van der Waals surface area (Å²) in [5, 5.41) is 29.6. The van der Waals surface area contributed by atoms with Gasteiger partial charge in [0.15, 0.2) is 17.3 Å². The number of nitrogens with two attached hydrogens (primary N) is 2. The molecule has 1 atom stereocenters. The van der Waals surface area contributed by atoms with Crippen LogP contribution in [-0.2, 0) is 21.9 Å². The molecule has 0 spiro atoms. The Balaban J connectivity index is 0.00000300. The van der Waals surface area contributed by atoms with Gasteiger partial charge in [0.05, 0.1) is 22.8 Å². The first kappa shape index (κ1) is 37.4. The highest BCUT2D eigenvalue weighted by molar-refractivity contribution is 6.00. The smallest absolute Gasteiger partial charge is 0.306 e. The number of ketones is 1. The zero-order valence-corrected chi connectivity index (χ0v) is 28.1. The van der Waals surface area contributed by atoms with Crippen LogP contribution >= 0.6 is 24.8 Å². The first-order chi connectivity index (χ1) is 21.5. The SMILES string of the molecule is CC(=N)N1CCC(Oc2ccc(OCc3nc4cc(/C(N)=N\O)ccc4n3C(N)(C(C)=O)[C@H]3CC[C@H](C(=O)O)CC3)cc2)CC1.Cl.Cl. The van der Waals surface area contributed by atoms with E-state index >= 15 is 0 Å². The quantitative estimate of drug-likeness (QED) is 0.0872. The number of hydrogen-bond acceptors (Lipinski definition) is 9. The van der Waals surface area contributed by atoms with Gasteiger partial charge in [0.1, 0.15) is 30.0 Å². The van der Waals surface area contributed by atoms with Gasteiger partial charge in [-0.15, -0.1) is 24.8 Å². The van der Waals surface area contributed by atoms with Crippen LogP contribution in [0.3, 0.4) is 0 Å². The van der Waals surface area contributed by atoms with Crippen LogP contribution in [0.4, 0.5) is 0 Å². The Morgan fingerprint density at radius 2 is 1.64 bits per heavy atom. The Morgan fingerprint density at radius 3 is 2.19 bits per heavy atom. The molecule has 15 heteroatoms. The number of hydrogen-bond donors (Lipinski definition) is 5. The van der Waals surface area contributed by atoms with E-state index in [2.05, 4.69) is 5.16 Å². The number of aliphatic carboxylic acids is 1. The van der Waals surface area contributed by atoms with E-state index in [0.29, 0.717) is 59.7 Å². The standard InChI is InChI=1S/C32H41N7O6.2ClH/c1-19(40)32(35,23-6-3-21(4-7-23)31(41)42)39-28-12-5-22(30(34)37-43)17-27(28)36-29(39)18-44-24-8-10-25(11-9-24)45-26-13-15-38(16-14-26)20(2)33;;/h5,8-12,17,21,23,26,33,43H,3-4,6-7,13-16,18,35H2,1-2H3,(H2,34,37)(H,41,42);2*1H/t21-,23-,32?;;. The number of halogens is 2. The molecule has 2 heterocycles. The van der Waals surface area contributed by atoms with Gasteiger partial charge >= 0.3 is 5.97 Å². The number of aromatic nitrogens is 2. The number of carbonyl (C=O) groups is 2. The summed E-state index contributed by atoms with van der Waals surface area (Å²) in [5.74, 6) is 0.303. The molecule has 1 aliphatic heterocycles. The number of benzene rings is 2. The molecule has 1 saturated heterocycles. The van der Waals surface area contributed by atoms with Crippen LogP contribution < -0.4 is 20.9 Å². The Morgan fingerprint density at radius 1 is 1.02 bits per heavy atom. The number of rotatable bonds is 10. The summed E-state index contributed by atoms with van der Waals surface area (Å²) in [6, 6.07) is 12.4. The van der Waals surface area contributed by atoms with Crippen molar-refractivity contribution in [3.05, 3.63) is 53.9 Å². The predicted molar refractivity (Wildman–Crippen MR) is 182 cm³/mol. The van der Waals surface area contributed by atoms with Gasteiger partial charge in [-0.2, -0.15) is 0 Å². The van der Waals surface area contributed by atoms with E-state index in [1.807, 2.05) is 29.2 Å². The maximum Gasteiger partial charge on any atom is 0.306 e. The second kappa shape index (κ2) is 15.7. The number of nitrogens with one attached hydrogen (secondary N) is 1. The summed E-state index contributed by atoms with van der Waals surface area (Å²) < 4.78 is 14.0. The van der Waals surface area contributed by atoms with Crippen molar-refractivity contribution in [3.8, 4) is 11.5 Å². The number of amidine groups is 2. The highest BCUT2D eigenvalue weighted by atomic mass is 35.5. The van der Waals surface area contributed by atoms with E-state index in [4.69, 9.17) is 31.3 Å². The van der Waals surface area contributed by atoms with Gasteiger partial charge in [0, 0.05) is 37.4 Å². The topological polar surface area (TPSA) is 202 Å². The highest BCUT2D eigenvalue weighted by Crippen LogP contribution is 2.40. The zero-order chi connectivity index (χ0) is 32.3. The number of fused-ring (bicyclic) bond motifs is 1. The summed E-state index contributed by atoms with van der Waals surface area (Å²) in [5.41, 5.74) is 12.9. The number of carboxylic acid groups (broad SMARTS) is 1. The molecule has 1 aromatic heterocycles. The number of oxime groups is 1. The minimum atomic E-state index is -1.50. The molecule has 47 heavy (non-hydrogen) atoms. The van der Waals surface area contributed by atoms with Gasteiger partial charge in [-0.1, -0.05) is 5.16 Å². The molecule has 1 saturated carbocycles. The summed E-state index contributed by atoms with van der Waals surface area (Å²) in [6.07, 6.45) is 3.56. The van der Waals surface area contributed by atoms with Gasteiger partial charge in [-0.25, -0.2) is 4.98 Å². The Hall–Kier alpha value is -4.07. The summed E-state index contributed by atoms with van der Waals surface area (Å²) in [7, 11) is 0. The lowest BCUT2D eigenvalue weighted by Crippen LogP contribution is -2.56. The number of imidazole rings is 1. The van der Waals surface area contributed by atoms with Gasteiger partial charge in [0.25, 0.3) is 0 Å². The minimum absolute atomic E-state index is 0. The van der Waals surface area contributed by atoms with E-state index < -0.39 is 17.6 Å². The number of carbonyl (C=O) groups excluding carboxylic acids is 1. The third-order valence-electron chi connectivity index (χ3n) is 9.17. The van der Waals surface area contributed by atoms with Crippen molar-refractivity contribution in [1.82, 2.24) is 14.5 Å². The average molecular weight is 693 g/mol. The van der Waals surface area contributed by atoms with Crippen molar-refractivity contribution < 1.29 is 29.4 Å². The molecule has 0 bridgehead atoms. The maximum atomic E-state index is 13.4. The fourth-order valence-corrected chi connectivity index (χ4v) is 6.53. The second-order valence-electron chi connectivity index (χ2n) is 12.0. The minimum Gasteiger partial charge on any atom is -0.490 e. The molecule has 7 N–H and O–H groups in total. The Labute approximate surface area is 285 Å². The molecule has 2 aliphatic rings. The summed E-state index contributed by atoms with van der Waals surface area (Å²) >= 11 is 0. The van der Waals surface area contributed by atoms with Gasteiger partial charge in [-0.3, -0.25) is 19.6 Å². The zero-order valence-electron chi connectivity index (χ0n) is 26.4. The summed E-state index contributed by atoms with van der Waals surface area (Å²) in [4.78, 5) is 31.8. The molecular formula is C32H43Cl2N7O6. The lowest BCUT2D eigenvalue weighted by Gasteiger charge is -2.41. The van der Waals surface area contributed by atoms with Gasteiger partial charge in [-0.05, 0) is 82.0 Å². The van der Waals surface area contributed by atoms with E-state index in [0.717, 1.165) is 31.7 Å². The molecule has 2 fully saturated rings. The highest BCUT2D eigenvalue weighted by Gasteiger charge is 2.46. The van der Waals surface area contributed by atoms with Crippen LogP contribution in [0.5, 0.6) is 11.5 Å². The lowest BCUT2D eigenvalue weighted by molar-refractivity contribution is -0.143. The maximum absolute atomic E-state index is 13.4. The molecule has 256 valence electrons. The summed E-state index contributed by atoms with van der Waals surface area (Å²) in [6.45, 7) is 4.83. The lowest BCUT2D eigenvalue weighted by atomic mass is 9.74. The number of nitrogens with zero attached hydrogens (tertiary/aromatic N) is 4. The van der Waals surface area contributed by atoms with Crippen molar-refractivity contribution in [2.45, 2.75) is 70.7 Å². The molecule has 0 radical (unpaired) electrons. The van der Waals surface area contributed by atoms with Crippen LogP contribution in [0.15, 0.2) is 47.6 Å². The van der Waals surface area contributed by atoms with E-state index in [9.17, 15) is 19.9 Å². The fraction of sp³-hybridized carbons (Fsp3) is 0.469. The number of Topliss-reactive ketones (excluding diaryl/α,β-unsaturated/α-hetero) is 1. The average Bonchev–Trinajstić information content (AvgIpc) is 3.42. The van der Waals surface area contributed by atoms with Crippen LogP contribution in [0.25, 0.3) is 11.0 Å².